The van der Waals surface area contributed by atoms with E-state index in [1.54, 1.807) is 0 Å². The van der Waals surface area contributed by atoms with E-state index in [2.05, 4.69) is 72.9 Å². The van der Waals surface area contributed by atoms with Gasteiger partial charge < -0.3 is 0 Å². The predicted molar refractivity (Wildman–Crippen MR) is 133 cm³/mol. The first-order valence-electron chi connectivity index (χ1n) is 11.8. The van der Waals surface area contributed by atoms with Gasteiger partial charge in [-0.15, -0.1) is 0 Å². The van der Waals surface area contributed by atoms with Crippen molar-refractivity contribution in [3.05, 3.63) is 97.2 Å². The lowest BCUT2D eigenvalue weighted by Gasteiger charge is -2.02. The second-order valence-corrected chi connectivity index (χ2v) is 7.63. The van der Waals surface area contributed by atoms with E-state index in [9.17, 15) is 0 Å². The molecule has 0 heterocycles. The van der Waals surface area contributed by atoms with Crippen LogP contribution >= 0.6 is 0 Å². The quantitative estimate of drug-likeness (QED) is 0.386. The van der Waals surface area contributed by atoms with Crippen molar-refractivity contribution in [2.24, 2.45) is 0 Å². The average Bonchev–Trinajstić information content (AvgIpc) is 2.73. The van der Waals surface area contributed by atoms with E-state index >= 15 is 0 Å². The molecule has 1 rings (SSSR count). The number of rotatable bonds is 0. The maximum atomic E-state index is 2.29. The Kier molecular flexibility index (Phi) is 19.1. The Balaban J connectivity index is 2.34. The van der Waals surface area contributed by atoms with E-state index in [1.807, 2.05) is 24.3 Å². The van der Waals surface area contributed by atoms with Crippen LogP contribution in [-0.4, -0.2) is 0 Å². The average molecular weight is 391 g/mol. The van der Waals surface area contributed by atoms with Crippen LogP contribution in [-0.2, 0) is 0 Å². The third-order valence-corrected chi connectivity index (χ3v) is 4.96. The lowest BCUT2D eigenvalue weighted by atomic mass is 10.0. The van der Waals surface area contributed by atoms with Gasteiger partial charge in [-0.1, -0.05) is 155 Å². The first kappa shape index (κ1) is 25.0. The van der Waals surface area contributed by atoms with Crippen molar-refractivity contribution in [1.82, 2.24) is 0 Å². The molecule has 0 amide bonds. The Hall–Kier alpha value is -2.08. The smallest absolute Gasteiger partial charge is 0.0348 e. The summed E-state index contributed by atoms with van der Waals surface area (Å²) < 4.78 is 0. The van der Waals surface area contributed by atoms with Gasteiger partial charge in [0.15, 0.2) is 0 Å². The molecule has 0 nitrogen and oxygen atoms in total. The van der Waals surface area contributed by atoms with Crippen LogP contribution in [0.2, 0.25) is 0 Å². The molecule has 0 heteroatoms. The number of allylic oxidation sites excluding steroid dienone is 16. The highest BCUT2D eigenvalue weighted by Crippen LogP contribution is 2.12. The highest BCUT2D eigenvalue weighted by molar-refractivity contribution is 5.21. The minimum atomic E-state index is 1.21. The van der Waals surface area contributed by atoms with Crippen LogP contribution in [0.5, 0.6) is 0 Å². The van der Waals surface area contributed by atoms with Crippen LogP contribution in [0.25, 0.3) is 0 Å². The van der Waals surface area contributed by atoms with Crippen LogP contribution in [0.15, 0.2) is 97.2 Å². The standard InChI is InChI=1S/C29H42/c1-2-4-6-8-10-12-14-16-18-20-22-24-26-28-29-27-25-23-21-19-17-15-13-11-9-7-5-3-1/h1-16H,17-29H2/b3-1-,4-2-,7-5-,8-6-,11-9-,12-10-,15-13+,16-14?. The molecule has 0 aromatic carbocycles. The van der Waals surface area contributed by atoms with Crippen LogP contribution < -0.4 is 0 Å². The van der Waals surface area contributed by atoms with Gasteiger partial charge in [-0.3, -0.25) is 0 Å². The lowest BCUT2D eigenvalue weighted by Crippen LogP contribution is -1.82. The molecule has 0 N–H and O–H groups in total. The molecule has 1 aliphatic carbocycles. The van der Waals surface area contributed by atoms with Gasteiger partial charge in [0.05, 0.1) is 0 Å². The fraction of sp³-hybridized carbons (Fsp3) is 0.448. The van der Waals surface area contributed by atoms with Crippen molar-refractivity contribution in [3.63, 3.8) is 0 Å². The first-order valence-corrected chi connectivity index (χ1v) is 11.8. The summed E-state index contributed by atoms with van der Waals surface area (Å²) in [5.74, 6) is 0. The van der Waals surface area contributed by atoms with Gasteiger partial charge in [0, 0.05) is 0 Å². The summed E-state index contributed by atoms with van der Waals surface area (Å²) >= 11 is 0. The SMILES string of the molecule is C1=CCCCCCCCCCCCCC/C=C/C=C\C=C/C=C\C=C/C=C\C=C/1. The van der Waals surface area contributed by atoms with Gasteiger partial charge in [0.25, 0.3) is 0 Å². The zero-order valence-corrected chi connectivity index (χ0v) is 18.4. The largest absolute Gasteiger partial charge is 0.0845 e. The summed E-state index contributed by atoms with van der Waals surface area (Å²) in [6.45, 7) is 0. The first-order chi connectivity index (χ1) is 14.5. The van der Waals surface area contributed by atoms with Gasteiger partial charge in [0.2, 0.25) is 0 Å². The normalized spacial score (nSPS) is 27.3. The molecule has 158 valence electrons. The molecule has 0 bridgehead atoms. The van der Waals surface area contributed by atoms with E-state index in [-0.39, 0.29) is 0 Å². The van der Waals surface area contributed by atoms with Crippen LogP contribution in [0.4, 0.5) is 0 Å². The topological polar surface area (TPSA) is 0 Å². The molecule has 0 fully saturated rings. The monoisotopic (exact) mass is 390 g/mol. The van der Waals surface area contributed by atoms with E-state index in [4.69, 9.17) is 0 Å². The molecule has 0 saturated carbocycles. The second kappa shape index (κ2) is 22.2. The molecule has 0 aromatic rings. The van der Waals surface area contributed by atoms with E-state index in [1.165, 1.54) is 83.5 Å². The molecule has 0 spiro atoms. The fourth-order valence-corrected chi connectivity index (χ4v) is 3.23. The lowest BCUT2D eigenvalue weighted by molar-refractivity contribution is 0.547. The van der Waals surface area contributed by atoms with Gasteiger partial charge in [0.1, 0.15) is 0 Å². The summed E-state index contributed by atoms with van der Waals surface area (Å²) in [4.78, 5) is 0. The molecule has 0 atom stereocenters. The third kappa shape index (κ3) is 20.5. The highest BCUT2D eigenvalue weighted by atomic mass is 14.0. The Bertz CT molecular complexity index is 523. The van der Waals surface area contributed by atoms with Gasteiger partial charge in [-0.2, -0.15) is 0 Å². The zero-order valence-electron chi connectivity index (χ0n) is 18.4. The molecular formula is C29H42. The summed E-state index contributed by atoms with van der Waals surface area (Å²) in [5, 5.41) is 0. The Morgan fingerprint density at radius 3 is 0.690 bits per heavy atom. The van der Waals surface area contributed by atoms with Crippen LogP contribution in [0, 0.1) is 0 Å². The second-order valence-electron chi connectivity index (χ2n) is 7.63. The molecule has 0 radical (unpaired) electrons. The van der Waals surface area contributed by atoms with Crippen molar-refractivity contribution in [3.8, 4) is 0 Å². The van der Waals surface area contributed by atoms with E-state index < -0.39 is 0 Å². The molecule has 0 aliphatic heterocycles. The summed E-state index contributed by atoms with van der Waals surface area (Å²) in [7, 11) is 0. The molecule has 29 heavy (non-hydrogen) atoms. The summed E-state index contributed by atoms with van der Waals surface area (Å²) in [6, 6.07) is 0. The van der Waals surface area contributed by atoms with Crippen molar-refractivity contribution < 1.29 is 0 Å². The van der Waals surface area contributed by atoms with Crippen molar-refractivity contribution in [1.29, 1.82) is 0 Å². The van der Waals surface area contributed by atoms with Gasteiger partial charge >= 0.3 is 0 Å². The van der Waals surface area contributed by atoms with E-state index in [0.29, 0.717) is 0 Å². The van der Waals surface area contributed by atoms with Gasteiger partial charge in [-0.05, 0) is 25.7 Å². The van der Waals surface area contributed by atoms with Gasteiger partial charge in [-0.25, -0.2) is 0 Å². The maximum Gasteiger partial charge on any atom is -0.0348 e. The van der Waals surface area contributed by atoms with Crippen molar-refractivity contribution >= 4 is 0 Å². The zero-order chi connectivity index (χ0) is 20.5. The van der Waals surface area contributed by atoms with Crippen LogP contribution in [0.3, 0.4) is 0 Å². The molecule has 0 aromatic heterocycles. The van der Waals surface area contributed by atoms with Crippen molar-refractivity contribution in [2.75, 3.05) is 0 Å². The highest BCUT2D eigenvalue weighted by Gasteiger charge is 1.93. The minimum Gasteiger partial charge on any atom is -0.0845 e. The Morgan fingerprint density at radius 2 is 0.414 bits per heavy atom. The fourth-order valence-electron chi connectivity index (χ4n) is 3.23. The predicted octanol–water partition coefficient (Wildman–Crippen LogP) is 9.52. The Morgan fingerprint density at radius 1 is 0.207 bits per heavy atom. The van der Waals surface area contributed by atoms with Crippen LogP contribution in [0.1, 0.15) is 83.5 Å². The summed E-state index contributed by atoms with van der Waals surface area (Å²) in [5.41, 5.74) is 0. The van der Waals surface area contributed by atoms with Crippen molar-refractivity contribution in [2.45, 2.75) is 83.5 Å². The summed E-state index contributed by atoms with van der Waals surface area (Å²) in [6.07, 6.45) is 51.5. The maximum absolute atomic E-state index is 2.29. The molecule has 0 unspecified atom stereocenters. The third-order valence-electron chi connectivity index (χ3n) is 4.96. The molecule has 0 saturated heterocycles. The number of hydrogen-bond acceptors (Lipinski definition) is 0. The molecular weight excluding hydrogens is 348 g/mol. The Labute approximate surface area is 180 Å². The molecule has 1 aliphatic rings. The minimum absolute atomic E-state index is 1.21. The van der Waals surface area contributed by atoms with E-state index in [0.717, 1.165) is 0 Å². The number of hydrogen-bond donors (Lipinski definition) is 0.